The normalized spacial score (nSPS) is 23.2. The zero-order valence-electron chi connectivity index (χ0n) is 17.5. The highest BCUT2D eigenvalue weighted by molar-refractivity contribution is 14.0. The number of guanidine groups is 1. The molecule has 0 radical (unpaired) electrons. The summed E-state index contributed by atoms with van der Waals surface area (Å²) in [5, 5.41) is 3.56. The number of piperidine rings is 1. The van der Waals surface area contributed by atoms with Crippen molar-refractivity contribution < 1.29 is 14.3 Å². The highest BCUT2D eigenvalue weighted by Crippen LogP contribution is 2.33. The summed E-state index contributed by atoms with van der Waals surface area (Å²) < 4.78 is 11.3. The zero-order valence-corrected chi connectivity index (χ0v) is 19.8. The van der Waals surface area contributed by atoms with Crippen LogP contribution in [0.25, 0.3) is 0 Å². The van der Waals surface area contributed by atoms with E-state index in [-0.39, 0.29) is 42.0 Å². The van der Waals surface area contributed by atoms with Crippen LogP contribution in [0.4, 0.5) is 0 Å². The predicted octanol–water partition coefficient (Wildman–Crippen LogP) is 3.62. The Morgan fingerprint density at radius 3 is 2.62 bits per heavy atom. The van der Waals surface area contributed by atoms with Crippen LogP contribution in [0.3, 0.4) is 0 Å². The topological polar surface area (TPSA) is 63.2 Å². The van der Waals surface area contributed by atoms with Gasteiger partial charge in [-0.05, 0) is 38.2 Å². The number of rotatable bonds is 5. The molecule has 1 N–H and O–H groups in total. The molecule has 2 saturated heterocycles. The summed E-state index contributed by atoms with van der Waals surface area (Å²) in [4.78, 5) is 18.7. The number of ether oxygens (including phenoxy) is 2. The van der Waals surface area contributed by atoms with Gasteiger partial charge in [0.05, 0.1) is 18.6 Å². The molecule has 2 aliphatic rings. The van der Waals surface area contributed by atoms with Gasteiger partial charge in [-0.1, -0.05) is 30.3 Å². The van der Waals surface area contributed by atoms with Gasteiger partial charge >= 0.3 is 5.97 Å². The van der Waals surface area contributed by atoms with Crippen LogP contribution >= 0.6 is 24.0 Å². The smallest absolute Gasteiger partial charge is 0.309 e. The number of carbonyl (C=O) groups excluding carboxylic acids is 1. The summed E-state index contributed by atoms with van der Waals surface area (Å²) in [6, 6.07) is 10.5. The van der Waals surface area contributed by atoms with E-state index in [0.29, 0.717) is 12.5 Å². The number of nitrogens with zero attached hydrogens (tertiary/aromatic N) is 2. The Labute approximate surface area is 191 Å². The number of esters is 1. The van der Waals surface area contributed by atoms with Crippen molar-refractivity contribution in [3.63, 3.8) is 0 Å². The summed E-state index contributed by atoms with van der Waals surface area (Å²) >= 11 is 0. The van der Waals surface area contributed by atoms with Crippen LogP contribution in [0.5, 0.6) is 0 Å². The van der Waals surface area contributed by atoms with Crippen LogP contribution in [0, 0.1) is 11.8 Å². The first kappa shape index (κ1) is 23.9. The van der Waals surface area contributed by atoms with Gasteiger partial charge in [0.2, 0.25) is 0 Å². The molecule has 2 unspecified atom stereocenters. The minimum atomic E-state index is -0.0600. The lowest BCUT2D eigenvalue weighted by Gasteiger charge is -2.36. The third-order valence-corrected chi connectivity index (χ3v) is 5.72. The van der Waals surface area contributed by atoms with Crippen LogP contribution in [-0.4, -0.2) is 56.7 Å². The summed E-state index contributed by atoms with van der Waals surface area (Å²) in [6.45, 7) is 5.62. The van der Waals surface area contributed by atoms with Crippen LogP contribution in [0.2, 0.25) is 0 Å². The maximum atomic E-state index is 11.9. The van der Waals surface area contributed by atoms with Crippen molar-refractivity contribution in [2.24, 2.45) is 16.8 Å². The zero-order chi connectivity index (χ0) is 19.8. The fourth-order valence-corrected chi connectivity index (χ4v) is 4.21. The molecule has 29 heavy (non-hydrogen) atoms. The van der Waals surface area contributed by atoms with Gasteiger partial charge in [-0.25, -0.2) is 0 Å². The Morgan fingerprint density at radius 1 is 1.24 bits per heavy atom. The maximum absolute atomic E-state index is 11.9. The summed E-state index contributed by atoms with van der Waals surface area (Å²) in [5.41, 5.74) is 1.25. The van der Waals surface area contributed by atoms with Crippen molar-refractivity contribution in [1.29, 1.82) is 0 Å². The number of halogens is 1. The Kier molecular flexibility index (Phi) is 10.2. The van der Waals surface area contributed by atoms with E-state index in [1.54, 1.807) is 0 Å². The van der Waals surface area contributed by atoms with E-state index in [1.165, 1.54) is 5.56 Å². The maximum Gasteiger partial charge on any atom is 0.309 e. The largest absolute Gasteiger partial charge is 0.466 e. The van der Waals surface area contributed by atoms with Gasteiger partial charge in [0.15, 0.2) is 5.96 Å². The molecular weight excluding hydrogens is 481 g/mol. The lowest BCUT2D eigenvalue weighted by atomic mass is 9.89. The third kappa shape index (κ3) is 6.57. The van der Waals surface area contributed by atoms with Gasteiger partial charge in [0.1, 0.15) is 0 Å². The van der Waals surface area contributed by atoms with Gasteiger partial charge in [0.25, 0.3) is 0 Å². The van der Waals surface area contributed by atoms with E-state index in [2.05, 4.69) is 39.5 Å². The summed E-state index contributed by atoms with van der Waals surface area (Å²) in [6.07, 6.45) is 4.01. The molecule has 0 bridgehead atoms. The minimum Gasteiger partial charge on any atom is -0.466 e. The number of hydrogen-bond acceptors (Lipinski definition) is 4. The number of hydrogen-bond donors (Lipinski definition) is 1. The van der Waals surface area contributed by atoms with Crippen molar-refractivity contribution in [3.05, 3.63) is 35.9 Å². The van der Waals surface area contributed by atoms with Crippen molar-refractivity contribution in [1.82, 2.24) is 10.2 Å². The molecule has 1 aromatic carbocycles. The second-order valence-electron chi connectivity index (χ2n) is 7.55. The van der Waals surface area contributed by atoms with Gasteiger partial charge in [0, 0.05) is 39.2 Å². The fraction of sp³-hybridized carbons (Fsp3) is 0.636. The second-order valence-corrected chi connectivity index (χ2v) is 7.55. The molecule has 6 nitrogen and oxygen atoms in total. The molecule has 2 atom stereocenters. The molecule has 0 amide bonds. The monoisotopic (exact) mass is 515 g/mol. The Balaban J connectivity index is 0.00000300. The Bertz CT molecular complexity index is 648. The average Bonchev–Trinajstić information content (AvgIpc) is 2.76. The van der Waals surface area contributed by atoms with E-state index in [1.807, 2.05) is 20.0 Å². The average molecular weight is 515 g/mol. The Hall–Kier alpha value is -1.35. The van der Waals surface area contributed by atoms with Gasteiger partial charge in [-0.15, -0.1) is 24.0 Å². The first-order chi connectivity index (χ1) is 13.7. The van der Waals surface area contributed by atoms with E-state index in [9.17, 15) is 4.79 Å². The quantitative estimate of drug-likeness (QED) is 0.281. The molecule has 0 spiro atoms. The molecule has 2 fully saturated rings. The molecule has 0 aromatic heterocycles. The summed E-state index contributed by atoms with van der Waals surface area (Å²) in [5.74, 6) is 1.29. The number of aliphatic imine (C=N–C) groups is 1. The van der Waals surface area contributed by atoms with Gasteiger partial charge in [-0.3, -0.25) is 9.79 Å². The van der Waals surface area contributed by atoms with Crippen molar-refractivity contribution in [3.8, 4) is 0 Å². The second kappa shape index (κ2) is 12.4. The lowest BCUT2D eigenvalue weighted by Crippen LogP contribution is -2.48. The first-order valence-electron chi connectivity index (χ1n) is 10.5. The predicted molar refractivity (Wildman–Crippen MR) is 126 cm³/mol. The van der Waals surface area contributed by atoms with Crippen molar-refractivity contribution in [2.45, 2.75) is 38.7 Å². The molecule has 2 heterocycles. The molecule has 2 aliphatic heterocycles. The molecule has 0 saturated carbocycles. The molecule has 0 aliphatic carbocycles. The Morgan fingerprint density at radius 2 is 1.97 bits per heavy atom. The highest BCUT2D eigenvalue weighted by atomic mass is 127. The lowest BCUT2D eigenvalue weighted by molar-refractivity contribution is -0.149. The highest BCUT2D eigenvalue weighted by Gasteiger charge is 2.30. The van der Waals surface area contributed by atoms with E-state index in [0.717, 1.165) is 57.9 Å². The number of carbonyl (C=O) groups is 1. The van der Waals surface area contributed by atoms with Crippen LogP contribution < -0.4 is 5.32 Å². The van der Waals surface area contributed by atoms with Gasteiger partial charge < -0.3 is 19.7 Å². The first-order valence-corrected chi connectivity index (χ1v) is 10.5. The fourth-order valence-electron chi connectivity index (χ4n) is 4.21. The minimum absolute atomic E-state index is 0. The van der Waals surface area contributed by atoms with Crippen molar-refractivity contribution in [2.75, 3.05) is 39.9 Å². The molecular formula is C22H34IN3O3. The van der Waals surface area contributed by atoms with E-state index >= 15 is 0 Å². The van der Waals surface area contributed by atoms with Crippen LogP contribution in [0.1, 0.15) is 44.3 Å². The van der Waals surface area contributed by atoms with Crippen LogP contribution in [0.15, 0.2) is 35.3 Å². The van der Waals surface area contributed by atoms with E-state index in [4.69, 9.17) is 9.47 Å². The standard InChI is InChI=1S/C22H33N3O3.HI/c1-3-27-21(26)18-11-13-25(14-12-18)22(23-2)24-16-19-10-7-15-28-20(19)17-8-5-4-6-9-17;/h4-6,8-9,18-20H,3,7,10-16H2,1-2H3,(H,23,24);1H. The van der Waals surface area contributed by atoms with Gasteiger partial charge in [-0.2, -0.15) is 0 Å². The number of likely N-dealkylation sites (tertiary alicyclic amines) is 1. The number of benzene rings is 1. The molecule has 1 aromatic rings. The van der Waals surface area contributed by atoms with E-state index < -0.39 is 0 Å². The van der Waals surface area contributed by atoms with Crippen LogP contribution in [-0.2, 0) is 14.3 Å². The third-order valence-electron chi connectivity index (χ3n) is 5.72. The SMILES string of the molecule is CCOC(=O)C1CCN(C(=NC)NCC2CCCOC2c2ccccc2)CC1.I. The summed E-state index contributed by atoms with van der Waals surface area (Å²) in [7, 11) is 1.83. The number of nitrogens with one attached hydrogen (secondary N) is 1. The molecule has 3 rings (SSSR count). The van der Waals surface area contributed by atoms with Crippen molar-refractivity contribution >= 4 is 35.9 Å². The molecule has 162 valence electrons. The molecule has 7 heteroatoms.